The van der Waals surface area contributed by atoms with Gasteiger partial charge in [0.05, 0.1) is 19.3 Å². The molecule has 0 amide bonds. The van der Waals surface area contributed by atoms with Gasteiger partial charge in [-0.15, -0.1) is 0 Å². The minimum atomic E-state index is -0.845. The van der Waals surface area contributed by atoms with Crippen LogP contribution in [0.25, 0.3) is 0 Å². The molecule has 0 spiro atoms. The Balaban J connectivity index is 2.22. The standard InChI is InChI=1S/C20H27BrO7/c1-13-17(27-14(2)22)18(28-15(3)23)19(20(26-13)24-11-7-10-21)25-12-16-8-5-4-6-9-16/h4-6,8-9,13,17-20H,7,10-12H2,1-3H3/t13-,17+,18+,19-,20+/m0/s1. The third-order valence-electron chi connectivity index (χ3n) is 4.18. The van der Waals surface area contributed by atoms with Crippen molar-refractivity contribution >= 4 is 27.9 Å². The van der Waals surface area contributed by atoms with Gasteiger partial charge in [0.15, 0.2) is 18.5 Å². The zero-order chi connectivity index (χ0) is 20.5. The molecule has 1 saturated heterocycles. The molecule has 28 heavy (non-hydrogen) atoms. The van der Waals surface area contributed by atoms with E-state index in [1.165, 1.54) is 13.8 Å². The van der Waals surface area contributed by atoms with Gasteiger partial charge >= 0.3 is 11.9 Å². The minimum absolute atomic E-state index is 0.270. The first-order valence-electron chi connectivity index (χ1n) is 9.25. The summed E-state index contributed by atoms with van der Waals surface area (Å²) in [7, 11) is 0. The van der Waals surface area contributed by atoms with E-state index in [1.807, 2.05) is 30.3 Å². The lowest BCUT2D eigenvalue weighted by Crippen LogP contribution is -2.60. The van der Waals surface area contributed by atoms with Crippen LogP contribution in [0.15, 0.2) is 30.3 Å². The largest absolute Gasteiger partial charge is 0.456 e. The molecule has 0 saturated carbocycles. The smallest absolute Gasteiger partial charge is 0.303 e. The van der Waals surface area contributed by atoms with Gasteiger partial charge in [-0.1, -0.05) is 46.3 Å². The number of hydrogen-bond acceptors (Lipinski definition) is 7. The molecule has 0 bridgehead atoms. The second-order valence-electron chi connectivity index (χ2n) is 6.53. The van der Waals surface area contributed by atoms with Gasteiger partial charge in [0, 0.05) is 19.2 Å². The van der Waals surface area contributed by atoms with E-state index in [2.05, 4.69) is 15.9 Å². The Labute approximate surface area is 173 Å². The van der Waals surface area contributed by atoms with Crippen LogP contribution in [0.2, 0.25) is 0 Å². The number of alkyl halides is 1. The first kappa shape index (κ1) is 22.8. The van der Waals surface area contributed by atoms with Crippen LogP contribution in [0.5, 0.6) is 0 Å². The van der Waals surface area contributed by atoms with Gasteiger partial charge in [-0.3, -0.25) is 9.59 Å². The molecule has 0 radical (unpaired) electrons. The molecule has 0 aromatic heterocycles. The number of halogens is 1. The summed E-state index contributed by atoms with van der Waals surface area (Å²) in [6, 6.07) is 9.59. The van der Waals surface area contributed by atoms with Gasteiger partial charge in [0.2, 0.25) is 0 Å². The van der Waals surface area contributed by atoms with E-state index in [1.54, 1.807) is 6.92 Å². The number of carbonyl (C=O) groups is 2. The second kappa shape index (κ2) is 11.5. The van der Waals surface area contributed by atoms with Crippen molar-refractivity contribution in [1.82, 2.24) is 0 Å². The van der Waals surface area contributed by atoms with Crippen molar-refractivity contribution in [3.8, 4) is 0 Å². The molecule has 8 heteroatoms. The molecule has 7 nitrogen and oxygen atoms in total. The maximum absolute atomic E-state index is 11.7. The van der Waals surface area contributed by atoms with Gasteiger partial charge in [-0.2, -0.15) is 0 Å². The molecule has 1 aromatic rings. The molecule has 1 aromatic carbocycles. The maximum atomic E-state index is 11.7. The van der Waals surface area contributed by atoms with Crippen LogP contribution in [0.3, 0.4) is 0 Å². The van der Waals surface area contributed by atoms with E-state index in [0.29, 0.717) is 6.61 Å². The molecular weight excluding hydrogens is 432 g/mol. The van der Waals surface area contributed by atoms with Gasteiger partial charge in [0.1, 0.15) is 6.10 Å². The lowest BCUT2D eigenvalue weighted by molar-refractivity contribution is -0.308. The van der Waals surface area contributed by atoms with Crippen molar-refractivity contribution in [2.45, 2.75) is 64.5 Å². The zero-order valence-corrected chi connectivity index (χ0v) is 17.9. The Morgan fingerprint density at radius 1 is 1.00 bits per heavy atom. The van der Waals surface area contributed by atoms with E-state index in [4.69, 9.17) is 23.7 Å². The third-order valence-corrected chi connectivity index (χ3v) is 4.74. The van der Waals surface area contributed by atoms with Crippen LogP contribution in [-0.4, -0.2) is 54.6 Å². The van der Waals surface area contributed by atoms with Crippen molar-refractivity contribution < 1.29 is 33.3 Å². The molecule has 1 aliphatic heterocycles. The normalized spacial score (nSPS) is 27.2. The van der Waals surface area contributed by atoms with Crippen molar-refractivity contribution in [1.29, 1.82) is 0 Å². The van der Waals surface area contributed by atoms with Crippen molar-refractivity contribution in [2.75, 3.05) is 11.9 Å². The fourth-order valence-electron chi connectivity index (χ4n) is 2.98. The predicted molar refractivity (Wildman–Crippen MR) is 105 cm³/mol. The van der Waals surface area contributed by atoms with Gasteiger partial charge in [-0.05, 0) is 18.9 Å². The molecule has 0 unspecified atom stereocenters. The van der Waals surface area contributed by atoms with E-state index < -0.39 is 42.6 Å². The Hall–Kier alpha value is -1.48. The number of rotatable bonds is 9. The summed E-state index contributed by atoms with van der Waals surface area (Å²) in [6.07, 6.45) is -2.89. The van der Waals surface area contributed by atoms with Crippen molar-refractivity contribution in [2.24, 2.45) is 0 Å². The average Bonchev–Trinajstić information content (AvgIpc) is 2.64. The predicted octanol–water partition coefficient (Wildman–Crippen LogP) is 2.98. The highest BCUT2D eigenvalue weighted by atomic mass is 79.9. The summed E-state index contributed by atoms with van der Waals surface area (Å²) in [6.45, 7) is 5.07. The number of ether oxygens (including phenoxy) is 5. The van der Waals surface area contributed by atoms with Crippen LogP contribution >= 0.6 is 15.9 Å². The highest BCUT2D eigenvalue weighted by Crippen LogP contribution is 2.30. The monoisotopic (exact) mass is 458 g/mol. The quantitative estimate of drug-likeness (QED) is 0.319. The summed E-state index contributed by atoms with van der Waals surface area (Å²) in [5.41, 5.74) is 0.950. The number of hydrogen-bond donors (Lipinski definition) is 0. The topological polar surface area (TPSA) is 80.3 Å². The third kappa shape index (κ3) is 6.84. The first-order chi connectivity index (χ1) is 13.4. The van der Waals surface area contributed by atoms with Crippen LogP contribution < -0.4 is 0 Å². The van der Waals surface area contributed by atoms with Crippen molar-refractivity contribution in [3.05, 3.63) is 35.9 Å². The van der Waals surface area contributed by atoms with E-state index in [9.17, 15) is 9.59 Å². The Morgan fingerprint density at radius 3 is 2.25 bits per heavy atom. The fourth-order valence-corrected chi connectivity index (χ4v) is 3.21. The highest BCUT2D eigenvalue weighted by molar-refractivity contribution is 9.09. The molecular formula is C20H27BrO7. The SMILES string of the molecule is CC(=O)O[C@H]1[C@H](OCc2ccccc2)[C@H](OCCCBr)O[C@@H](C)[C@H]1OC(C)=O. The average molecular weight is 459 g/mol. The van der Waals surface area contributed by atoms with Crippen LogP contribution in [-0.2, 0) is 39.9 Å². The van der Waals surface area contributed by atoms with E-state index in [0.717, 1.165) is 17.3 Å². The molecule has 1 aliphatic rings. The minimum Gasteiger partial charge on any atom is -0.456 e. The second-order valence-corrected chi connectivity index (χ2v) is 7.33. The van der Waals surface area contributed by atoms with Gasteiger partial charge in [-0.25, -0.2) is 0 Å². The summed E-state index contributed by atoms with van der Waals surface area (Å²) in [5.74, 6) is -0.984. The van der Waals surface area contributed by atoms with Crippen LogP contribution in [0, 0.1) is 0 Å². The molecule has 156 valence electrons. The Bertz CT molecular complexity index is 624. The van der Waals surface area contributed by atoms with Crippen LogP contribution in [0.4, 0.5) is 0 Å². The zero-order valence-electron chi connectivity index (χ0n) is 16.3. The Kier molecular flexibility index (Phi) is 9.37. The Morgan fingerprint density at radius 2 is 1.64 bits per heavy atom. The molecule has 2 rings (SSSR count). The summed E-state index contributed by atoms with van der Waals surface area (Å²) in [4.78, 5) is 23.3. The lowest BCUT2D eigenvalue weighted by atomic mass is 9.98. The van der Waals surface area contributed by atoms with Crippen LogP contribution in [0.1, 0.15) is 32.8 Å². The van der Waals surface area contributed by atoms with Gasteiger partial charge in [0.25, 0.3) is 0 Å². The van der Waals surface area contributed by atoms with E-state index in [-0.39, 0.29) is 6.61 Å². The van der Waals surface area contributed by atoms with Crippen molar-refractivity contribution in [3.63, 3.8) is 0 Å². The summed E-state index contributed by atoms with van der Waals surface area (Å²) >= 11 is 3.37. The molecule has 1 heterocycles. The molecule has 1 fully saturated rings. The number of carbonyl (C=O) groups excluding carboxylic acids is 2. The fraction of sp³-hybridized carbons (Fsp3) is 0.600. The summed E-state index contributed by atoms with van der Waals surface area (Å²) in [5, 5.41) is 0.786. The highest BCUT2D eigenvalue weighted by Gasteiger charge is 2.49. The molecule has 5 atom stereocenters. The molecule has 0 N–H and O–H groups in total. The number of esters is 2. The maximum Gasteiger partial charge on any atom is 0.303 e. The first-order valence-corrected chi connectivity index (χ1v) is 10.4. The number of benzene rings is 1. The molecule has 0 aliphatic carbocycles. The van der Waals surface area contributed by atoms with Gasteiger partial charge < -0.3 is 23.7 Å². The summed E-state index contributed by atoms with van der Waals surface area (Å²) < 4.78 is 28.7. The lowest BCUT2D eigenvalue weighted by Gasteiger charge is -2.43. The van der Waals surface area contributed by atoms with E-state index >= 15 is 0 Å².